The van der Waals surface area contributed by atoms with Crippen molar-refractivity contribution in [3.05, 3.63) is 23.8 Å². The van der Waals surface area contributed by atoms with E-state index in [1.54, 1.807) is 18.2 Å². The molecule has 1 aromatic rings. The summed E-state index contributed by atoms with van der Waals surface area (Å²) in [7, 11) is 0. The van der Waals surface area contributed by atoms with Crippen LogP contribution < -0.4 is 10.1 Å². The quantitative estimate of drug-likeness (QED) is 0.770. The van der Waals surface area contributed by atoms with E-state index in [0.29, 0.717) is 18.1 Å². The molecule has 0 bridgehead atoms. The number of aromatic hydroxyl groups is 1. The van der Waals surface area contributed by atoms with E-state index in [4.69, 9.17) is 9.84 Å². The molecule has 0 aromatic heterocycles. The lowest BCUT2D eigenvalue weighted by molar-refractivity contribution is -0.137. The van der Waals surface area contributed by atoms with Gasteiger partial charge in [-0.25, -0.2) is 4.79 Å². The molecule has 1 aliphatic rings. The molecule has 0 amide bonds. The molecule has 18 heavy (non-hydrogen) atoms. The molecule has 1 saturated heterocycles. The first kappa shape index (κ1) is 13.0. The maximum Gasteiger partial charge on any atom is 0.331 e. The Labute approximate surface area is 109 Å². The highest BCUT2D eigenvalue weighted by Crippen LogP contribution is 2.35. The summed E-state index contributed by atoms with van der Waals surface area (Å²) < 4.78 is 5.47. The smallest absolute Gasteiger partial charge is 0.331 e. The summed E-state index contributed by atoms with van der Waals surface area (Å²) in [5.74, 6) is 0.547. The Bertz CT molecular complexity index is 452. The van der Waals surface area contributed by atoms with Crippen LogP contribution in [0.3, 0.4) is 0 Å². The van der Waals surface area contributed by atoms with Crippen LogP contribution in [0.4, 0.5) is 0 Å². The average molecular weight is 269 g/mol. The van der Waals surface area contributed by atoms with Gasteiger partial charge in [-0.05, 0) is 13.0 Å². The normalized spacial score (nSPS) is 22.9. The molecule has 1 fully saturated rings. The number of hydrogen-bond acceptors (Lipinski definition) is 5. The Morgan fingerprint density at radius 2 is 2.39 bits per heavy atom. The van der Waals surface area contributed by atoms with E-state index in [9.17, 15) is 9.90 Å². The minimum absolute atomic E-state index is 0.0711. The standard InChI is InChI=1S/C12H15NO4S/c1-2-17-10-5-7(14)3-4-8(10)9-6-18-11(13-9)12(15)16/h3-5,9,11,13-14H,2,6H2,1H3,(H,15,16). The van der Waals surface area contributed by atoms with Crippen molar-refractivity contribution < 1.29 is 19.7 Å². The number of rotatable bonds is 4. The lowest BCUT2D eigenvalue weighted by atomic mass is 10.1. The second kappa shape index (κ2) is 5.49. The number of thioether (sulfide) groups is 1. The summed E-state index contributed by atoms with van der Waals surface area (Å²) in [5, 5.41) is 20.8. The fraction of sp³-hybridized carbons (Fsp3) is 0.417. The van der Waals surface area contributed by atoms with Gasteiger partial charge in [0.15, 0.2) is 5.37 Å². The summed E-state index contributed by atoms with van der Waals surface area (Å²) in [6.45, 7) is 2.36. The molecule has 2 atom stereocenters. The first-order valence-corrected chi connectivity index (χ1v) is 6.73. The Morgan fingerprint density at radius 1 is 1.61 bits per heavy atom. The molecule has 0 aliphatic carbocycles. The van der Waals surface area contributed by atoms with Crippen molar-refractivity contribution in [3.8, 4) is 11.5 Å². The number of ether oxygens (including phenoxy) is 1. The van der Waals surface area contributed by atoms with Crippen LogP contribution in [0, 0.1) is 0 Å². The molecule has 1 heterocycles. The number of carboxylic acids is 1. The second-order valence-electron chi connectivity index (χ2n) is 3.93. The number of carboxylic acid groups (broad SMARTS) is 1. The third-order valence-corrected chi connectivity index (χ3v) is 3.88. The molecular formula is C12H15NO4S. The van der Waals surface area contributed by atoms with Crippen molar-refractivity contribution in [1.29, 1.82) is 0 Å². The van der Waals surface area contributed by atoms with E-state index in [1.807, 2.05) is 6.92 Å². The van der Waals surface area contributed by atoms with Crippen molar-refractivity contribution in [3.63, 3.8) is 0 Å². The van der Waals surface area contributed by atoms with Crippen LogP contribution in [0.15, 0.2) is 18.2 Å². The molecule has 0 spiro atoms. The predicted octanol–water partition coefficient (Wildman–Crippen LogP) is 1.58. The van der Waals surface area contributed by atoms with Gasteiger partial charge in [0.05, 0.1) is 6.61 Å². The molecule has 2 unspecified atom stereocenters. The summed E-state index contributed by atoms with van der Waals surface area (Å²) in [6.07, 6.45) is 0. The van der Waals surface area contributed by atoms with E-state index in [0.717, 1.165) is 5.56 Å². The highest BCUT2D eigenvalue weighted by atomic mass is 32.2. The van der Waals surface area contributed by atoms with Gasteiger partial charge in [-0.15, -0.1) is 11.8 Å². The molecule has 6 heteroatoms. The van der Waals surface area contributed by atoms with E-state index < -0.39 is 11.3 Å². The van der Waals surface area contributed by atoms with Gasteiger partial charge in [-0.1, -0.05) is 6.07 Å². The highest BCUT2D eigenvalue weighted by Gasteiger charge is 2.31. The summed E-state index contributed by atoms with van der Waals surface area (Å²) in [5.41, 5.74) is 0.880. The number of phenols is 1. The zero-order valence-corrected chi connectivity index (χ0v) is 10.7. The molecule has 98 valence electrons. The third-order valence-electron chi connectivity index (χ3n) is 2.68. The van der Waals surface area contributed by atoms with Crippen LogP contribution in [0.5, 0.6) is 11.5 Å². The monoisotopic (exact) mass is 269 g/mol. The number of benzene rings is 1. The Morgan fingerprint density at radius 3 is 3.00 bits per heavy atom. The van der Waals surface area contributed by atoms with E-state index in [1.165, 1.54) is 11.8 Å². The van der Waals surface area contributed by atoms with E-state index >= 15 is 0 Å². The average Bonchev–Trinajstić information content (AvgIpc) is 2.79. The topological polar surface area (TPSA) is 78.8 Å². The predicted molar refractivity (Wildman–Crippen MR) is 69.0 cm³/mol. The van der Waals surface area contributed by atoms with Crippen LogP contribution in [-0.2, 0) is 4.79 Å². The van der Waals surface area contributed by atoms with Gasteiger partial charge in [0.1, 0.15) is 11.5 Å². The molecule has 2 rings (SSSR count). The number of aliphatic carboxylic acids is 1. The van der Waals surface area contributed by atoms with Gasteiger partial charge >= 0.3 is 5.97 Å². The highest BCUT2D eigenvalue weighted by molar-refractivity contribution is 8.00. The van der Waals surface area contributed by atoms with Crippen LogP contribution in [-0.4, -0.2) is 33.9 Å². The minimum Gasteiger partial charge on any atom is -0.508 e. The van der Waals surface area contributed by atoms with Gasteiger partial charge in [0.2, 0.25) is 0 Å². The Hall–Kier alpha value is -1.40. The number of phenolic OH excluding ortho intramolecular Hbond substituents is 1. The molecule has 0 radical (unpaired) electrons. The number of hydrogen-bond donors (Lipinski definition) is 3. The van der Waals surface area contributed by atoms with Crippen molar-refractivity contribution in [2.45, 2.75) is 18.3 Å². The SMILES string of the molecule is CCOc1cc(O)ccc1C1CSC(C(=O)O)N1. The lowest BCUT2D eigenvalue weighted by Gasteiger charge is -2.16. The molecule has 3 N–H and O–H groups in total. The van der Waals surface area contributed by atoms with Crippen molar-refractivity contribution in [1.82, 2.24) is 5.32 Å². The van der Waals surface area contributed by atoms with Crippen LogP contribution in [0.1, 0.15) is 18.5 Å². The zero-order valence-electron chi connectivity index (χ0n) is 9.92. The van der Waals surface area contributed by atoms with Crippen molar-refractivity contribution in [2.24, 2.45) is 0 Å². The first-order valence-electron chi connectivity index (χ1n) is 5.68. The number of nitrogens with one attached hydrogen (secondary N) is 1. The molecule has 5 nitrogen and oxygen atoms in total. The van der Waals surface area contributed by atoms with Gasteiger partial charge in [0.25, 0.3) is 0 Å². The molecule has 0 saturated carbocycles. The summed E-state index contributed by atoms with van der Waals surface area (Å²) in [4.78, 5) is 10.9. The largest absolute Gasteiger partial charge is 0.508 e. The van der Waals surface area contributed by atoms with Gasteiger partial charge in [0, 0.05) is 23.4 Å². The molecular weight excluding hydrogens is 254 g/mol. The zero-order chi connectivity index (χ0) is 13.1. The summed E-state index contributed by atoms with van der Waals surface area (Å²) in [6, 6.07) is 4.83. The lowest BCUT2D eigenvalue weighted by Crippen LogP contribution is -2.30. The molecule has 1 aromatic carbocycles. The van der Waals surface area contributed by atoms with Gasteiger partial charge < -0.3 is 14.9 Å². The van der Waals surface area contributed by atoms with Crippen LogP contribution in [0.2, 0.25) is 0 Å². The maximum atomic E-state index is 10.9. The fourth-order valence-electron chi connectivity index (χ4n) is 1.88. The Kier molecular flexibility index (Phi) is 3.98. The second-order valence-corrected chi connectivity index (χ2v) is 5.06. The van der Waals surface area contributed by atoms with E-state index in [-0.39, 0.29) is 11.8 Å². The van der Waals surface area contributed by atoms with Crippen LogP contribution >= 0.6 is 11.8 Å². The van der Waals surface area contributed by atoms with Crippen molar-refractivity contribution >= 4 is 17.7 Å². The van der Waals surface area contributed by atoms with Gasteiger partial charge in [-0.3, -0.25) is 5.32 Å². The number of carbonyl (C=O) groups is 1. The third kappa shape index (κ3) is 2.70. The Balaban J connectivity index is 2.20. The van der Waals surface area contributed by atoms with E-state index in [2.05, 4.69) is 5.32 Å². The maximum absolute atomic E-state index is 10.9. The minimum atomic E-state index is -0.862. The first-order chi connectivity index (χ1) is 8.61. The van der Waals surface area contributed by atoms with Crippen molar-refractivity contribution in [2.75, 3.05) is 12.4 Å². The molecule has 1 aliphatic heterocycles. The van der Waals surface area contributed by atoms with Gasteiger partial charge in [-0.2, -0.15) is 0 Å². The summed E-state index contributed by atoms with van der Waals surface area (Å²) >= 11 is 1.36. The fourth-order valence-corrected chi connectivity index (χ4v) is 2.95. The van der Waals surface area contributed by atoms with Crippen LogP contribution in [0.25, 0.3) is 0 Å².